The van der Waals surface area contributed by atoms with Gasteiger partial charge < -0.3 is 0 Å². The van der Waals surface area contributed by atoms with Crippen LogP contribution >= 0.6 is 0 Å². The van der Waals surface area contributed by atoms with Crippen LogP contribution in [0.5, 0.6) is 0 Å². The van der Waals surface area contributed by atoms with Crippen molar-refractivity contribution in [3.8, 4) is 28.2 Å². The van der Waals surface area contributed by atoms with E-state index in [0.717, 1.165) is 28.1 Å². The number of aromatic nitrogens is 3. The van der Waals surface area contributed by atoms with Gasteiger partial charge in [0.25, 0.3) is 0 Å². The summed E-state index contributed by atoms with van der Waals surface area (Å²) in [7, 11) is 0. The Hall–Kier alpha value is -6.32. The topological polar surface area (TPSA) is 30.7 Å². The molecule has 10 aromatic rings. The van der Waals surface area contributed by atoms with Crippen molar-refractivity contribution in [2.75, 3.05) is 0 Å². The highest BCUT2D eigenvalue weighted by Gasteiger charge is 2.46. The third-order valence-electron chi connectivity index (χ3n) is 12.5. The minimum absolute atomic E-state index is 0.0456. The highest BCUT2D eigenvalue weighted by Crippen LogP contribution is 2.61. The smallest absolute Gasteiger partial charge is 0.165 e. The van der Waals surface area contributed by atoms with Gasteiger partial charge in [-0.15, -0.1) is 0 Å². The van der Waals surface area contributed by atoms with Gasteiger partial charge in [-0.3, -0.25) is 4.57 Å². The predicted octanol–water partition coefficient (Wildman–Crippen LogP) is 13.1. The van der Waals surface area contributed by atoms with E-state index in [1.54, 1.807) is 0 Å². The number of nitrogens with zero attached hydrogens (tertiary/aromatic N) is 3. The summed E-state index contributed by atoms with van der Waals surface area (Å²) in [6, 6.07) is 55.6. The molecule has 1 saturated carbocycles. The molecule has 0 N–H and O–H groups in total. The largest absolute Gasteiger partial charge is 0.291 e. The number of para-hydroxylation sites is 2. The summed E-state index contributed by atoms with van der Waals surface area (Å²) in [6.07, 6.45) is 6.10. The second-order valence-electron chi connectivity index (χ2n) is 15.1. The predicted molar refractivity (Wildman–Crippen MR) is 221 cm³/mol. The van der Waals surface area contributed by atoms with Gasteiger partial charge in [-0.2, -0.15) is 0 Å². The quantitative estimate of drug-likeness (QED) is 0.182. The highest BCUT2D eigenvalue weighted by molar-refractivity contribution is 6.30. The van der Waals surface area contributed by atoms with Gasteiger partial charge in [0.1, 0.15) is 5.69 Å². The molecule has 0 atom stereocenters. The molecule has 0 amide bonds. The Bertz CT molecular complexity index is 3160. The van der Waals surface area contributed by atoms with Crippen molar-refractivity contribution in [1.82, 2.24) is 14.5 Å². The Labute approximate surface area is 307 Å². The van der Waals surface area contributed by atoms with Crippen LogP contribution in [0, 0.1) is 0 Å². The van der Waals surface area contributed by atoms with E-state index in [0.29, 0.717) is 0 Å². The van der Waals surface area contributed by atoms with E-state index in [1.807, 2.05) is 0 Å². The lowest BCUT2D eigenvalue weighted by Gasteiger charge is -2.36. The summed E-state index contributed by atoms with van der Waals surface area (Å²) in [6.45, 7) is 0. The SMILES string of the molecule is c1ccc2c(c1)-c1c(c3c4c5ccccc5ccc4n(-c4nc5ccccc5nc4-c4cccc5ccccc45)c3c3ccccc13)C21CCCCC1. The molecule has 53 heavy (non-hydrogen) atoms. The lowest BCUT2D eigenvalue weighted by molar-refractivity contribution is 0.355. The summed E-state index contributed by atoms with van der Waals surface area (Å²) >= 11 is 0. The van der Waals surface area contributed by atoms with Crippen molar-refractivity contribution in [2.45, 2.75) is 37.5 Å². The van der Waals surface area contributed by atoms with Gasteiger partial charge in [-0.05, 0) is 80.2 Å². The molecule has 2 aromatic heterocycles. The molecule has 1 fully saturated rings. The van der Waals surface area contributed by atoms with Crippen molar-refractivity contribution in [3.05, 3.63) is 163 Å². The standard InChI is InChI=1S/C50H35N3/c1-12-29-50(30-13-1)39-24-9-8-22-38(39)43-35-20-6-7-21-37(35)48-45(46(43)50)44-34-19-5-3-16-32(34)27-28-42(44)53(48)49-47(51-40-25-10-11-26-41(40)52-49)36-23-14-17-31-15-2-4-18-33(31)36/h2-11,14-28H,1,12-13,29-30H2. The second-order valence-corrected chi connectivity index (χ2v) is 15.1. The van der Waals surface area contributed by atoms with E-state index < -0.39 is 0 Å². The minimum Gasteiger partial charge on any atom is -0.291 e. The van der Waals surface area contributed by atoms with Crippen LogP contribution in [0.1, 0.15) is 43.2 Å². The van der Waals surface area contributed by atoms with Gasteiger partial charge in [0.15, 0.2) is 5.82 Å². The highest BCUT2D eigenvalue weighted by atomic mass is 15.1. The van der Waals surface area contributed by atoms with Crippen LogP contribution in [0.3, 0.4) is 0 Å². The molecule has 0 radical (unpaired) electrons. The molecule has 3 nitrogen and oxygen atoms in total. The number of hydrogen-bond acceptors (Lipinski definition) is 2. The van der Waals surface area contributed by atoms with Crippen LogP contribution in [-0.2, 0) is 5.41 Å². The second kappa shape index (κ2) is 10.8. The summed E-state index contributed by atoms with van der Waals surface area (Å²) in [4.78, 5) is 11.1. The molecule has 12 rings (SSSR count). The van der Waals surface area contributed by atoms with E-state index in [1.165, 1.54) is 108 Å². The van der Waals surface area contributed by atoms with Crippen LogP contribution in [0.15, 0.2) is 152 Å². The maximum atomic E-state index is 5.63. The van der Waals surface area contributed by atoms with Gasteiger partial charge in [0, 0.05) is 27.1 Å². The fourth-order valence-electron chi connectivity index (χ4n) is 10.4. The Kier molecular flexibility index (Phi) is 5.99. The third kappa shape index (κ3) is 3.89. The van der Waals surface area contributed by atoms with Gasteiger partial charge in [0.2, 0.25) is 0 Å². The zero-order valence-corrected chi connectivity index (χ0v) is 29.3. The Morgan fingerprint density at radius 1 is 0.472 bits per heavy atom. The molecule has 0 unspecified atom stereocenters. The summed E-state index contributed by atoms with van der Waals surface area (Å²) in [5, 5.41) is 10.2. The summed E-state index contributed by atoms with van der Waals surface area (Å²) in [5.74, 6) is 0.869. The first-order valence-electron chi connectivity index (χ1n) is 19.1. The van der Waals surface area contributed by atoms with Gasteiger partial charge in [0.05, 0.1) is 22.1 Å². The van der Waals surface area contributed by atoms with Crippen molar-refractivity contribution in [3.63, 3.8) is 0 Å². The van der Waals surface area contributed by atoms with Crippen molar-refractivity contribution in [1.29, 1.82) is 0 Å². The molecule has 1 spiro atoms. The first kappa shape index (κ1) is 29.3. The number of fused-ring (bicyclic) bond motifs is 16. The molecular formula is C50H35N3. The van der Waals surface area contributed by atoms with E-state index in [4.69, 9.17) is 9.97 Å². The van der Waals surface area contributed by atoms with Crippen molar-refractivity contribution in [2.24, 2.45) is 0 Å². The van der Waals surface area contributed by atoms with Crippen LogP contribution in [0.4, 0.5) is 0 Å². The number of hydrogen-bond donors (Lipinski definition) is 0. The maximum absolute atomic E-state index is 5.63. The molecule has 0 saturated heterocycles. The molecule has 2 heterocycles. The Balaban J connectivity index is 1.36. The molecular weight excluding hydrogens is 643 g/mol. The van der Waals surface area contributed by atoms with Gasteiger partial charge in [-0.25, -0.2) is 9.97 Å². The van der Waals surface area contributed by atoms with Crippen molar-refractivity contribution < 1.29 is 0 Å². The monoisotopic (exact) mass is 677 g/mol. The van der Waals surface area contributed by atoms with Crippen LogP contribution in [0.2, 0.25) is 0 Å². The Morgan fingerprint density at radius 3 is 1.92 bits per heavy atom. The first-order valence-corrected chi connectivity index (χ1v) is 19.1. The number of rotatable bonds is 2. The van der Waals surface area contributed by atoms with Gasteiger partial charge in [-0.1, -0.05) is 153 Å². The molecule has 2 aliphatic rings. The Morgan fingerprint density at radius 2 is 1.09 bits per heavy atom. The molecule has 3 heteroatoms. The zero-order chi connectivity index (χ0) is 34.7. The summed E-state index contributed by atoms with van der Waals surface area (Å²) < 4.78 is 2.50. The average Bonchev–Trinajstić information content (AvgIpc) is 3.71. The normalized spacial score (nSPS) is 14.9. The van der Waals surface area contributed by atoms with E-state index in [2.05, 4.69) is 156 Å². The van der Waals surface area contributed by atoms with Crippen LogP contribution < -0.4 is 0 Å². The van der Waals surface area contributed by atoms with Gasteiger partial charge >= 0.3 is 0 Å². The average molecular weight is 678 g/mol. The molecule has 0 bridgehead atoms. The summed E-state index contributed by atoms with van der Waals surface area (Å²) in [5.41, 5.74) is 12.0. The molecule has 2 aliphatic carbocycles. The zero-order valence-electron chi connectivity index (χ0n) is 29.3. The van der Waals surface area contributed by atoms with E-state index in [9.17, 15) is 0 Å². The van der Waals surface area contributed by atoms with Crippen molar-refractivity contribution >= 4 is 65.2 Å². The van der Waals surface area contributed by atoms with E-state index in [-0.39, 0.29) is 5.41 Å². The molecule has 8 aromatic carbocycles. The maximum Gasteiger partial charge on any atom is 0.165 e. The lowest BCUT2D eigenvalue weighted by atomic mass is 9.66. The van der Waals surface area contributed by atoms with Crippen LogP contribution in [-0.4, -0.2) is 14.5 Å². The number of benzene rings is 8. The minimum atomic E-state index is -0.0456. The van der Waals surface area contributed by atoms with Crippen LogP contribution in [0.25, 0.3) is 93.4 Å². The fourth-order valence-corrected chi connectivity index (χ4v) is 10.4. The van der Waals surface area contributed by atoms with E-state index >= 15 is 0 Å². The fraction of sp³-hybridized carbons (Fsp3) is 0.120. The molecule has 0 aliphatic heterocycles. The first-order chi connectivity index (χ1) is 26.3. The third-order valence-corrected chi connectivity index (χ3v) is 12.5. The lowest BCUT2D eigenvalue weighted by Crippen LogP contribution is -2.28. The molecule has 250 valence electrons.